The van der Waals surface area contributed by atoms with E-state index in [4.69, 9.17) is 14.2 Å². The molecule has 2 saturated heterocycles. The maximum Gasteiger partial charge on any atom is 0.217 e. The Balaban J connectivity index is 1.02. The van der Waals surface area contributed by atoms with E-state index in [9.17, 15) is 4.79 Å². The number of benzene rings is 2. The number of hydrogen-bond donors (Lipinski definition) is 1. The van der Waals surface area contributed by atoms with E-state index in [0.717, 1.165) is 67.0 Å². The predicted octanol–water partition coefficient (Wildman–Crippen LogP) is 6.09. The molecule has 3 aliphatic rings. The van der Waals surface area contributed by atoms with Crippen molar-refractivity contribution in [3.05, 3.63) is 60.3 Å². The second kappa shape index (κ2) is 12.2. The molecule has 1 amide bonds. The van der Waals surface area contributed by atoms with Crippen molar-refractivity contribution in [2.75, 3.05) is 13.2 Å². The highest BCUT2D eigenvalue weighted by atomic mass is 28.3. The first-order chi connectivity index (χ1) is 20.2. The fourth-order valence-corrected chi connectivity index (χ4v) is 7.45. The van der Waals surface area contributed by atoms with E-state index in [1.807, 2.05) is 41.2 Å². The number of carbonyl (C=O) groups is 1. The maximum atomic E-state index is 11.6. The van der Waals surface area contributed by atoms with Gasteiger partial charge in [-0.3, -0.25) is 9.69 Å². The zero-order valence-electron chi connectivity index (χ0n) is 25.3. The van der Waals surface area contributed by atoms with Crippen LogP contribution in [0.3, 0.4) is 0 Å². The SMILES string of the molecule is CC(=O)N[C@H]1C[C@H]2CC[C@@H](C1)N2CC1Cc2ccc(Oc3ccc(-c4ccnn4COCC[Si](C)(C)C)cc3)cc2O1. The summed E-state index contributed by atoms with van der Waals surface area (Å²) < 4.78 is 20.5. The fraction of sp³-hybridized carbons (Fsp3) is 0.515. The lowest BCUT2D eigenvalue weighted by molar-refractivity contribution is -0.120. The van der Waals surface area contributed by atoms with Gasteiger partial charge in [-0.15, -0.1) is 0 Å². The van der Waals surface area contributed by atoms with Crippen molar-refractivity contribution in [2.24, 2.45) is 0 Å². The molecule has 1 unspecified atom stereocenters. The number of piperidine rings is 1. The molecule has 0 spiro atoms. The lowest BCUT2D eigenvalue weighted by Crippen LogP contribution is -2.52. The number of nitrogens with zero attached hydrogens (tertiary/aromatic N) is 3. The Morgan fingerprint density at radius 3 is 2.50 bits per heavy atom. The molecule has 6 rings (SSSR count). The quantitative estimate of drug-likeness (QED) is 0.216. The summed E-state index contributed by atoms with van der Waals surface area (Å²) in [6, 6.07) is 18.9. The molecule has 1 N–H and O–H groups in total. The van der Waals surface area contributed by atoms with Crippen LogP contribution in [0.2, 0.25) is 25.7 Å². The maximum absolute atomic E-state index is 11.6. The van der Waals surface area contributed by atoms with E-state index in [2.05, 4.69) is 53.2 Å². The summed E-state index contributed by atoms with van der Waals surface area (Å²) >= 11 is 0. The molecule has 2 fully saturated rings. The van der Waals surface area contributed by atoms with E-state index < -0.39 is 8.07 Å². The minimum atomic E-state index is -1.11. The van der Waals surface area contributed by atoms with Crippen molar-refractivity contribution >= 4 is 14.0 Å². The van der Waals surface area contributed by atoms with Crippen LogP contribution < -0.4 is 14.8 Å². The molecule has 0 saturated carbocycles. The van der Waals surface area contributed by atoms with Crippen LogP contribution in [-0.4, -0.2) is 66.0 Å². The van der Waals surface area contributed by atoms with Crippen LogP contribution in [-0.2, 0) is 22.7 Å². The lowest BCUT2D eigenvalue weighted by Gasteiger charge is -2.40. The van der Waals surface area contributed by atoms with Gasteiger partial charge in [0, 0.05) is 70.5 Å². The van der Waals surface area contributed by atoms with Crippen LogP contribution in [0.4, 0.5) is 0 Å². The first-order valence-corrected chi connectivity index (χ1v) is 19.1. The molecule has 0 aliphatic carbocycles. The predicted molar refractivity (Wildman–Crippen MR) is 167 cm³/mol. The zero-order valence-corrected chi connectivity index (χ0v) is 26.3. The molecular formula is C33H44N4O4Si. The molecule has 9 heteroatoms. The molecule has 8 nitrogen and oxygen atoms in total. The third-order valence-corrected chi connectivity index (χ3v) is 10.5. The van der Waals surface area contributed by atoms with Gasteiger partial charge in [-0.1, -0.05) is 25.7 Å². The molecule has 3 aliphatic heterocycles. The van der Waals surface area contributed by atoms with Crippen molar-refractivity contribution in [2.45, 2.75) is 95.7 Å². The van der Waals surface area contributed by atoms with Gasteiger partial charge in [-0.25, -0.2) is 4.68 Å². The van der Waals surface area contributed by atoms with Crippen LogP contribution in [0.25, 0.3) is 11.3 Å². The second-order valence-corrected chi connectivity index (χ2v) is 19.0. The van der Waals surface area contributed by atoms with Crippen LogP contribution >= 0.6 is 0 Å². The number of carbonyl (C=O) groups excluding carboxylic acids is 1. The summed E-state index contributed by atoms with van der Waals surface area (Å²) in [5.74, 6) is 2.56. The molecule has 1 aromatic heterocycles. The van der Waals surface area contributed by atoms with Crippen molar-refractivity contribution < 1.29 is 19.0 Å². The smallest absolute Gasteiger partial charge is 0.217 e. The van der Waals surface area contributed by atoms with Gasteiger partial charge in [0.1, 0.15) is 30.1 Å². The number of amides is 1. The highest BCUT2D eigenvalue weighted by molar-refractivity contribution is 6.76. The summed E-state index contributed by atoms with van der Waals surface area (Å²) in [5.41, 5.74) is 3.34. The average Bonchev–Trinajstić information content (AvgIpc) is 3.62. The summed E-state index contributed by atoms with van der Waals surface area (Å²) in [7, 11) is -1.11. The molecule has 0 radical (unpaired) electrons. The van der Waals surface area contributed by atoms with Gasteiger partial charge in [0.05, 0.1) is 5.69 Å². The zero-order chi connectivity index (χ0) is 29.3. The number of rotatable bonds is 11. The van der Waals surface area contributed by atoms with E-state index in [-0.39, 0.29) is 12.0 Å². The average molecular weight is 589 g/mol. The lowest BCUT2D eigenvalue weighted by atomic mass is 9.96. The first-order valence-electron chi connectivity index (χ1n) is 15.4. The van der Waals surface area contributed by atoms with Crippen molar-refractivity contribution in [1.82, 2.24) is 20.0 Å². The van der Waals surface area contributed by atoms with E-state index in [0.29, 0.717) is 24.9 Å². The Bertz CT molecular complexity index is 1370. The minimum absolute atomic E-state index is 0.0810. The number of aromatic nitrogens is 2. The summed E-state index contributed by atoms with van der Waals surface area (Å²) in [4.78, 5) is 14.2. The number of fused-ring (bicyclic) bond motifs is 3. The van der Waals surface area contributed by atoms with Crippen LogP contribution in [0, 0.1) is 0 Å². The van der Waals surface area contributed by atoms with Gasteiger partial charge >= 0.3 is 0 Å². The van der Waals surface area contributed by atoms with Gasteiger partial charge in [-0.05, 0) is 73.7 Å². The van der Waals surface area contributed by atoms with Gasteiger partial charge in [0.2, 0.25) is 5.91 Å². The molecule has 3 aromatic rings. The van der Waals surface area contributed by atoms with E-state index >= 15 is 0 Å². The number of ether oxygens (including phenoxy) is 3. The minimum Gasteiger partial charge on any atom is -0.488 e. The van der Waals surface area contributed by atoms with Crippen molar-refractivity contribution in [3.8, 4) is 28.5 Å². The van der Waals surface area contributed by atoms with Crippen molar-refractivity contribution in [3.63, 3.8) is 0 Å². The topological polar surface area (TPSA) is 77.9 Å². The Morgan fingerprint density at radius 1 is 1.05 bits per heavy atom. The highest BCUT2D eigenvalue weighted by Gasteiger charge is 2.42. The molecular weight excluding hydrogens is 544 g/mol. The van der Waals surface area contributed by atoms with Crippen molar-refractivity contribution in [1.29, 1.82) is 0 Å². The highest BCUT2D eigenvalue weighted by Crippen LogP contribution is 2.39. The third kappa shape index (κ3) is 6.90. The largest absolute Gasteiger partial charge is 0.488 e. The van der Waals surface area contributed by atoms with Crippen LogP contribution in [0.15, 0.2) is 54.7 Å². The summed E-state index contributed by atoms with van der Waals surface area (Å²) in [6.45, 7) is 10.9. The molecule has 2 aromatic carbocycles. The Morgan fingerprint density at radius 2 is 1.79 bits per heavy atom. The van der Waals surface area contributed by atoms with Crippen LogP contribution in [0.1, 0.15) is 38.2 Å². The van der Waals surface area contributed by atoms with E-state index in [1.165, 1.54) is 18.4 Å². The normalized spacial score (nSPS) is 23.4. The molecule has 2 bridgehead atoms. The third-order valence-electron chi connectivity index (χ3n) is 8.80. The van der Waals surface area contributed by atoms with Gasteiger partial charge in [-0.2, -0.15) is 5.10 Å². The Kier molecular flexibility index (Phi) is 8.43. The summed E-state index contributed by atoms with van der Waals surface area (Å²) in [5, 5.41) is 7.60. The number of nitrogens with one attached hydrogen (secondary N) is 1. The van der Waals surface area contributed by atoms with Crippen LogP contribution in [0.5, 0.6) is 17.2 Å². The summed E-state index contributed by atoms with van der Waals surface area (Å²) in [6.07, 6.45) is 7.41. The Hall–Kier alpha value is -3.14. The molecule has 224 valence electrons. The Labute approximate surface area is 250 Å². The molecule has 42 heavy (non-hydrogen) atoms. The molecule has 4 atom stereocenters. The number of hydrogen-bond acceptors (Lipinski definition) is 6. The first kappa shape index (κ1) is 29.0. The monoisotopic (exact) mass is 588 g/mol. The van der Waals surface area contributed by atoms with E-state index in [1.54, 1.807) is 6.92 Å². The van der Waals surface area contributed by atoms with Gasteiger partial charge in [0.15, 0.2) is 0 Å². The fourth-order valence-electron chi connectivity index (χ4n) is 6.70. The molecule has 4 heterocycles. The second-order valence-electron chi connectivity index (χ2n) is 13.4. The standard InChI is InChI=1S/C33H44N4O4Si/c1-23(38)35-26-18-27-8-9-28(19-26)36(27)21-31-17-25-7-12-30(20-33(25)41-31)40-29-10-5-24(6-11-29)32-13-14-34-37(32)22-39-15-16-42(2,3)4/h5-7,10-14,20,26-28,31H,8-9,15-19,21-22H2,1-4H3,(H,35,38)/t26-,27+,28-,31?. The van der Waals surface area contributed by atoms with Gasteiger partial charge in [0.25, 0.3) is 0 Å². The van der Waals surface area contributed by atoms with Gasteiger partial charge < -0.3 is 19.5 Å².